The first-order valence-corrected chi connectivity index (χ1v) is 28.7. The van der Waals surface area contributed by atoms with Gasteiger partial charge in [0.05, 0.1) is 50.8 Å². The van der Waals surface area contributed by atoms with E-state index in [1.165, 1.54) is 42.0 Å². The number of amides is 4. The molecule has 7 rings (SSSR count). The van der Waals surface area contributed by atoms with Gasteiger partial charge < -0.3 is 58.2 Å². The Morgan fingerprint density at radius 2 is 0.915 bits per heavy atom. The number of morpholine rings is 2. The van der Waals surface area contributed by atoms with Crippen molar-refractivity contribution in [3.63, 3.8) is 0 Å². The van der Waals surface area contributed by atoms with Gasteiger partial charge in [-0.1, -0.05) is 36.4 Å². The van der Waals surface area contributed by atoms with Crippen LogP contribution >= 0.6 is 22.6 Å². The largest absolute Gasteiger partial charge is 0.494 e. The molecule has 0 aliphatic carbocycles. The van der Waals surface area contributed by atoms with Crippen molar-refractivity contribution in [2.75, 3.05) is 120 Å². The highest BCUT2D eigenvalue weighted by Gasteiger charge is 2.52. The summed E-state index contributed by atoms with van der Waals surface area (Å²) in [5, 5.41) is 4.85. The second-order valence-electron chi connectivity index (χ2n) is 20.8. The highest BCUT2D eigenvalue weighted by Crippen LogP contribution is 2.36. The minimum absolute atomic E-state index is 0.0971. The number of esters is 2. The number of hydrogen-bond acceptors (Lipinski definition) is 16. The second-order valence-corrected chi connectivity index (χ2v) is 22.1. The van der Waals surface area contributed by atoms with Crippen LogP contribution in [0.4, 0.5) is 0 Å². The minimum atomic E-state index is -1.79. The number of carbonyl (C=O) groups is 6. The second kappa shape index (κ2) is 31.0. The zero-order valence-corrected chi connectivity index (χ0v) is 51.8. The van der Waals surface area contributed by atoms with Crippen molar-refractivity contribution in [3.8, 4) is 22.6 Å². The fourth-order valence-electron chi connectivity index (χ4n) is 8.66. The number of likely N-dealkylation sites (N-methyl/N-ethyl adjacent to an activating group) is 4. The van der Waals surface area contributed by atoms with E-state index in [-0.39, 0.29) is 31.5 Å². The van der Waals surface area contributed by atoms with Crippen molar-refractivity contribution >= 4 is 70.7 Å². The number of ether oxygens (including phenoxy) is 6. The van der Waals surface area contributed by atoms with Crippen molar-refractivity contribution in [2.45, 2.75) is 77.7 Å². The molecule has 0 aromatic heterocycles. The van der Waals surface area contributed by atoms with Gasteiger partial charge >= 0.3 is 19.1 Å². The Bertz CT molecular complexity index is 2710. The van der Waals surface area contributed by atoms with E-state index < -0.39 is 46.6 Å². The summed E-state index contributed by atoms with van der Waals surface area (Å²) in [6.45, 7) is 24.7. The van der Waals surface area contributed by atoms with Gasteiger partial charge in [-0.2, -0.15) is 0 Å². The Kier molecular flexibility index (Phi) is 25.2. The molecule has 3 saturated heterocycles. The van der Waals surface area contributed by atoms with Gasteiger partial charge in [0.1, 0.15) is 24.7 Å². The van der Waals surface area contributed by atoms with Crippen LogP contribution in [0.15, 0.2) is 97.1 Å². The standard InChI is InChI=1S/C27H35N3O6.C18H28BNO4.C15H19IN2O4/c1-5-35-26(33)27(2,25(32)28-3)29(4)24(31)22-8-6-20(7-9-22)21-10-12-23(13-11-21)36-19-16-30-14-17-34-18-15-30;1-17(2)18(3,4)24-19(23-17)15-5-7-16(8-6-15)22-14-11-20-9-12-21-13-10-20;1-5-22-14(21)15(2,13(20)17-3)18(4)12(19)10-6-8-11(16)9-7-10/h6-13H,5,14-19H2,1-4H3,(H,28,32);5-8H,9-14H2,1-4H3;6-9H,5H2,1-4H3,(H,17,20)/t27-;;15-/m0.0/s1. The number of nitrogens with zero attached hydrogens (tertiary/aromatic N) is 4. The summed E-state index contributed by atoms with van der Waals surface area (Å²) in [6.07, 6.45) is 0. The van der Waals surface area contributed by atoms with E-state index in [2.05, 4.69) is 70.7 Å². The van der Waals surface area contributed by atoms with Gasteiger partial charge in [0, 0.05) is 82.2 Å². The van der Waals surface area contributed by atoms with Gasteiger partial charge in [0.15, 0.2) is 0 Å². The van der Waals surface area contributed by atoms with Crippen LogP contribution in [-0.4, -0.2) is 205 Å². The molecule has 3 aliphatic rings. The van der Waals surface area contributed by atoms with Gasteiger partial charge in [-0.05, 0) is 155 Å². The van der Waals surface area contributed by atoms with Gasteiger partial charge in [-0.3, -0.25) is 29.0 Å². The fraction of sp³-hybridized carbons (Fsp3) is 0.500. The predicted octanol–water partition coefficient (Wildman–Crippen LogP) is 5.33. The molecule has 2 atom stereocenters. The molecular formula is C60H82BIN6O14. The van der Waals surface area contributed by atoms with Crippen molar-refractivity contribution < 1.29 is 66.5 Å². The third-order valence-electron chi connectivity index (χ3n) is 15.0. The third kappa shape index (κ3) is 17.2. The first-order chi connectivity index (χ1) is 39.0. The molecule has 22 heteroatoms. The molecule has 4 aromatic rings. The maximum absolute atomic E-state index is 13.1. The first-order valence-electron chi connectivity index (χ1n) is 27.6. The Hall–Kier alpha value is -6.15. The molecule has 3 heterocycles. The van der Waals surface area contributed by atoms with Gasteiger partial charge in [0.2, 0.25) is 11.1 Å². The highest BCUT2D eigenvalue weighted by molar-refractivity contribution is 14.1. The van der Waals surface area contributed by atoms with Crippen molar-refractivity contribution in [1.82, 2.24) is 30.2 Å². The number of halogens is 1. The average Bonchev–Trinajstić information content (AvgIpc) is 3.66. The lowest BCUT2D eigenvalue weighted by atomic mass is 9.79. The summed E-state index contributed by atoms with van der Waals surface area (Å²) in [5.74, 6) is -2.01. The molecule has 4 amide bonds. The molecule has 2 N–H and O–H groups in total. The molecule has 0 saturated carbocycles. The quantitative estimate of drug-likeness (QED) is 0.0495. The highest BCUT2D eigenvalue weighted by atomic mass is 127. The molecule has 0 radical (unpaired) electrons. The molecule has 82 heavy (non-hydrogen) atoms. The number of nitrogens with one attached hydrogen (secondary N) is 2. The zero-order chi connectivity index (χ0) is 60.3. The Balaban J connectivity index is 0.000000235. The van der Waals surface area contributed by atoms with Gasteiger partial charge in [-0.15, -0.1) is 0 Å². The molecule has 0 unspecified atom stereocenters. The topological polar surface area (TPSA) is 213 Å². The van der Waals surface area contributed by atoms with Crippen molar-refractivity contribution in [1.29, 1.82) is 0 Å². The normalized spacial score (nSPS) is 17.1. The van der Waals surface area contributed by atoms with E-state index in [4.69, 9.17) is 37.7 Å². The molecule has 3 aliphatic heterocycles. The van der Waals surface area contributed by atoms with Crippen LogP contribution in [0.5, 0.6) is 11.5 Å². The van der Waals surface area contributed by atoms with Crippen LogP contribution in [0, 0.1) is 3.57 Å². The number of rotatable bonds is 20. The summed E-state index contributed by atoms with van der Waals surface area (Å²) < 4.78 is 45.6. The first kappa shape index (κ1) is 66.7. The SMILES string of the molecule is CC1(C)OB(c2ccc(OCCN3CCOCC3)cc2)OC1(C)C.CCOC(=O)[C@](C)(C(=O)NC)N(C)C(=O)c1ccc(-c2ccc(OCCN3CCOCC3)cc2)cc1.CCOC(=O)[C@](C)(C(=O)NC)N(C)C(=O)c1ccc(I)cc1. The molecule has 446 valence electrons. The molecule has 0 spiro atoms. The molecule has 20 nitrogen and oxygen atoms in total. The van der Waals surface area contributed by atoms with E-state index in [0.29, 0.717) is 24.3 Å². The molecule has 4 aromatic carbocycles. The lowest BCUT2D eigenvalue weighted by Gasteiger charge is -2.34. The van der Waals surface area contributed by atoms with Gasteiger partial charge in [0.25, 0.3) is 23.6 Å². The average molecular weight is 1250 g/mol. The van der Waals surface area contributed by atoms with Crippen LogP contribution < -0.4 is 25.6 Å². The monoisotopic (exact) mass is 1250 g/mol. The van der Waals surface area contributed by atoms with E-state index in [1.807, 2.05) is 60.7 Å². The van der Waals surface area contributed by atoms with Gasteiger partial charge in [-0.25, -0.2) is 9.59 Å². The van der Waals surface area contributed by atoms with E-state index in [0.717, 1.165) is 107 Å². The Morgan fingerprint density at radius 3 is 1.27 bits per heavy atom. The van der Waals surface area contributed by atoms with E-state index in [9.17, 15) is 28.8 Å². The maximum Gasteiger partial charge on any atom is 0.494 e. The Labute approximate surface area is 497 Å². The Morgan fingerprint density at radius 1 is 0.573 bits per heavy atom. The molecule has 0 bridgehead atoms. The van der Waals surface area contributed by atoms with Crippen LogP contribution in [0.2, 0.25) is 0 Å². The van der Waals surface area contributed by atoms with E-state index >= 15 is 0 Å². The number of benzene rings is 4. The summed E-state index contributed by atoms with van der Waals surface area (Å²) in [6, 6.07) is 29.7. The fourth-order valence-corrected chi connectivity index (χ4v) is 9.02. The lowest BCUT2D eigenvalue weighted by molar-refractivity contribution is -0.161. The molecule has 3 fully saturated rings. The smallest absolute Gasteiger partial charge is 0.492 e. The number of carbonyl (C=O) groups excluding carboxylic acids is 6. The van der Waals surface area contributed by atoms with Crippen molar-refractivity contribution in [3.05, 3.63) is 112 Å². The number of hydrogen-bond donors (Lipinski definition) is 2. The summed E-state index contributed by atoms with van der Waals surface area (Å²) in [4.78, 5) is 82.1. The van der Waals surface area contributed by atoms with E-state index in [1.54, 1.807) is 50.2 Å². The van der Waals surface area contributed by atoms with Crippen LogP contribution in [-0.2, 0) is 47.4 Å². The van der Waals surface area contributed by atoms with Crippen molar-refractivity contribution in [2.24, 2.45) is 0 Å². The lowest BCUT2D eigenvalue weighted by Crippen LogP contribution is -2.62. The zero-order valence-electron chi connectivity index (χ0n) is 49.6. The summed E-state index contributed by atoms with van der Waals surface area (Å²) in [7, 11) is 5.32. The van der Waals surface area contributed by atoms with Crippen LogP contribution in [0.1, 0.15) is 76.1 Å². The maximum atomic E-state index is 13.1. The summed E-state index contributed by atoms with van der Waals surface area (Å²) in [5.41, 5.74) is -0.489. The third-order valence-corrected chi connectivity index (χ3v) is 15.7. The summed E-state index contributed by atoms with van der Waals surface area (Å²) >= 11 is 2.13. The molecular weight excluding hydrogens is 1170 g/mol. The van der Waals surface area contributed by atoms with Crippen LogP contribution in [0.3, 0.4) is 0 Å². The minimum Gasteiger partial charge on any atom is -0.492 e. The predicted molar refractivity (Wildman–Crippen MR) is 321 cm³/mol. The van der Waals surface area contributed by atoms with Crippen LogP contribution in [0.25, 0.3) is 11.1 Å².